The number of nitrogens with zero attached hydrogens (tertiary/aromatic N) is 1. The summed E-state index contributed by atoms with van der Waals surface area (Å²) in [4.78, 5) is 14.5. The Balaban J connectivity index is 0.000000555. The molecule has 1 unspecified atom stereocenters. The highest BCUT2D eigenvalue weighted by Gasteiger charge is 2.26. The molecule has 1 atom stereocenters. The largest absolute Gasteiger partial charge is 0.547 e. The minimum absolute atomic E-state index is 0.525. The Morgan fingerprint density at radius 1 is 1.37 bits per heavy atom. The predicted octanol–water partition coefficient (Wildman–Crippen LogP) is 1.80. The number of hydrogen-bond donors (Lipinski definition) is 0. The van der Waals surface area contributed by atoms with Crippen molar-refractivity contribution in [3.8, 4) is 0 Å². The molecule has 0 aliphatic rings. The number of carbonyl (C=O) groups excluding carboxylic acids is 1. The van der Waals surface area contributed by atoms with Crippen molar-refractivity contribution >= 4 is 23.3 Å². The van der Waals surface area contributed by atoms with E-state index in [-0.39, 0.29) is 0 Å². The van der Waals surface area contributed by atoms with Crippen LogP contribution in [-0.2, 0) is 15.1 Å². The van der Waals surface area contributed by atoms with Gasteiger partial charge in [-0.15, -0.1) is 0 Å². The number of carboxylic acids is 1. The van der Waals surface area contributed by atoms with E-state index in [0.29, 0.717) is 5.56 Å². The third-order valence-electron chi connectivity index (χ3n) is 2.41. The van der Waals surface area contributed by atoms with Crippen LogP contribution in [0.3, 0.4) is 0 Å². The Morgan fingerprint density at radius 2 is 1.89 bits per heavy atom. The fourth-order valence-electron chi connectivity index (χ4n) is 1.29. The van der Waals surface area contributed by atoms with Crippen LogP contribution in [0, 0.1) is 0 Å². The molecule has 0 heterocycles. The highest BCUT2D eigenvalue weighted by Crippen LogP contribution is 2.23. The number of hydrogen-bond acceptors (Lipinski definition) is 5. The first kappa shape index (κ1) is 17.4. The Bertz CT molecular complexity index is 424. The number of thiocarbonyl (C=S) groups is 1. The highest BCUT2D eigenvalue weighted by atomic mass is 32.1. The fourth-order valence-corrected chi connectivity index (χ4v) is 1.47. The standard InChI is InChI=1S/C10H9NO2S.C4H10O/c1-10(9(12)13,11-7-14)8-5-3-2-4-6-8;1-3-5-4-2/h2-6H,1H3,(H,12,13);3-4H2,1-2H3/p-1. The van der Waals surface area contributed by atoms with Gasteiger partial charge in [-0.2, -0.15) is 0 Å². The smallest absolute Gasteiger partial charge is 0.132 e. The summed E-state index contributed by atoms with van der Waals surface area (Å²) < 4.78 is 4.83. The van der Waals surface area contributed by atoms with E-state index in [1.54, 1.807) is 30.3 Å². The van der Waals surface area contributed by atoms with Crippen molar-refractivity contribution in [1.82, 2.24) is 0 Å². The first-order chi connectivity index (χ1) is 9.02. The lowest BCUT2D eigenvalue weighted by Gasteiger charge is -2.25. The van der Waals surface area contributed by atoms with Crippen molar-refractivity contribution < 1.29 is 14.6 Å². The minimum atomic E-state index is -1.44. The van der Waals surface area contributed by atoms with Crippen LogP contribution in [0.25, 0.3) is 0 Å². The number of ether oxygens (including phenoxy) is 1. The van der Waals surface area contributed by atoms with Gasteiger partial charge in [-0.3, -0.25) is 0 Å². The van der Waals surface area contributed by atoms with E-state index in [9.17, 15) is 9.90 Å². The Morgan fingerprint density at radius 3 is 2.21 bits per heavy atom. The van der Waals surface area contributed by atoms with Crippen LogP contribution in [-0.4, -0.2) is 24.3 Å². The summed E-state index contributed by atoms with van der Waals surface area (Å²) in [7, 11) is 0. The molecule has 4 nitrogen and oxygen atoms in total. The van der Waals surface area contributed by atoms with Crippen LogP contribution in [0.15, 0.2) is 35.3 Å². The molecule has 5 heteroatoms. The average Bonchev–Trinajstić information content (AvgIpc) is 2.41. The molecule has 0 bridgehead atoms. The van der Waals surface area contributed by atoms with Gasteiger partial charge in [0, 0.05) is 13.2 Å². The molecule has 0 aliphatic heterocycles. The van der Waals surface area contributed by atoms with E-state index >= 15 is 0 Å². The molecule has 0 amide bonds. The molecular formula is C14H18NO3S-. The lowest BCUT2D eigenvalue weighted by Crippen LogP contribution is -2.42. The van der Waals surface area contributed by atoms with Crippen molar-refractivity contribution in [3.05, 3.63) is 35.9 Å². The van der Waals surface area contributed by atoms with Crippen LogP contribution in [0.5, 0.6) is 0 Å². The van der Waals surface area contributed by atoms with Crippen LogP contribution in [0.1, 0.15) is 26.3 Å². The molecule has 0 fully saturated rings. The van der Waals surface area contributed by atoms with Crippen LogP contribution < -0.4 is 5.11 Å². The maximum atomic E-state index is 10.9. The van der Waals surface area contributed by atoms with Crippen molar-refractivity contribution in [2.75, 3.05) is 13.2 Å². The molecule has 0 saturated carbocycles. The molecule has 0 aliphatic carbocycles. The summed E-state index contributed by atoms with van der Waals surface area (Å²) >= 11 is 4.41. The molecule has 0 radical (unpaired) electrons. The topological polar surface area (TPSA) is 61.7 Å². The van der Waals surface area contributed by atoms with Crippen molar-refractivity contribution in [1.29, 1.82) is 0 Å². The molecule has 104 valence electrons. The van der Waals surface area contributed by atoms with Gasteiger partial charge < -0.3 is 14.6 Å². The lowest BCUT2D eigenvalue weighted by molar-refractivity contribution is -0.313. The number of carbonyl (C=O) groups is 1. The second-order valence-corrected chi connectivity index (χ2v) is 3.89. The normalized spacial score (nSPS) is 12.4. The summed E-state index contributed by atoms with van der Waals surface area (Å²) in [5, 5.41) is 13.0. The van der Waals surface area contributed by atoms with Gasteiger partial charge in [-0.1, -0.05) is 30.3 Å². The van der Waals surface area contributed by atoms with Crippen LogP contribution in [0.4, 0.5) is 0 Å². The zero-order chi connectivity index (χ0) is 14.7. The van der Waals surface area contributed by atoms with E-state index in [4.69, 9.17) is 4.74 Å². The van der Waals surface area contributed by atoms with Gasteiger partial charge >= 0.3 is 0 Å². The lowest BCUT2D eigenvalue weighted by atomic mass is 9.93. The van der Waals surface area contributed by atoms with E-state index in [2.05, 4.69) is 22.4 Å². The maximum absolute atomic E-state index is 10.9. The summed E-state index contributed by atoms with van der Waals surface area (Å²) in [6.45, 7) is 7.09. The molecule has 0 saturated heterocycles. The number of benzene rings is 1. The second-order valence-electron chi connectivity index (χ2n) is 3.71. The van der Waals surface area contributed by atoms with E-state index in [1.165, 1.54) is 6.92 Å². The highest BCUT2D eigenvalue weighted by molar-refractivity contribution is 7.78. The maximum Gasteiger partial charge on any atom is 0.132 e. The molecule has 19 heavy (non-hydrogen) atoms. The van der Waals surface area contributed by atoms with Gasteiger partial charge in [-0.05, 0) is 38.6 Å². The van der Waals surface area contributed by atoms with E-state index < -0.39 is 11.5 Å². The Labute approximate surface area is 119 Å². The molecule has 0 spiro atoms. The average molecular weight is 280 g/mol. The first-order valence-corrected chi connectivity index (χ1v) is 6.37. The number of carboxylic acid groups (broad SMARTS) is 1. The molecule has 1 aromatic carbocycles. The number of rotatable bonds is 5. The molecular weight excluding hydrogens is 262 g/mol. The molecule has 1 rings (SSSR count). The van der Waals surface area contributed by atoms with Crippen LogP contribution >= 0.6 is 12.2 Å². The van der Waals surface area contributed by atoms with Gasteiger partial charge in [0.1, 0.15) is 5.54 Å². The van der Waals surface area contributed by atoms with Crippen molar-refractivity contribution in [3.63, 3.8) is 0 Å². The molecule has 0 N–H and O–H groups in total. The van der Waals surface area contributed by atoms with Gasteiger partial charge in [0.05, 0.1) is 11.1 Å². The van der Waals surface area contributed by atoms with Gasteiger partial charge in [0.25, 0.3) is 0 Å². The third-order valence-corrected chi connectivity index (χ3v) is 2.50. The zero-order valence-electron chi connectivity index (χ0n) is 11.4. The fraction of sp³-hybridized carbons (Fsp3) is 0.429. The minimum Gasteiger partial charge on any atom is -0.547 e. The zero-order valence-corrected chi connectivity index (χ0v) is 12.2. The SMILES string of the molecule is CC(N=C=S)(C(=O)[O-])c1ccccc1.CCOCC. The van der Waals surface area contributed by atoms with Crippen molar-refractivity contribution in [2.45, 2.75) is 26.3 Å². The van der Waals surface area contributed by atoms with Crippen molar-refractivity contribution in [2.24, 2.45) is 4.99 Å². The van der Waals surface area contributed by atoms with Gasteiger partial charge in [-0.25, -0.2) is 4.99 Å². The van der Waals surface area contributed by atoms with Gasteiger partial charge in [0.15, 0.2) is 0 Å². The molecule has 0 aromatic heterocycles. The third kappa shape index (κ3) is 5.75. The van der Waals surface area contributed by atoms with E-state index in [0.717, 1.165) is 13.2 Å². The number of aliphatic carboxylic acids is 1. The first-order valence-electron chi connectivity index (χ1n) is 5.96. The van der Waals surface area contributed by atoms with E-state index in [1.807, 2.05) is 13.8 Å². The predicted molar refractivity (Wildman–Crippen MR) is 76.0 cm³/mol. The summed E-state index contributed by atoms with van der Waals surface area (Å²) in [5.74, 6) is -1.29. The van der Waals surface area contributed by atoms with Gasteiger partial charge in [0.2, 0.25) is 0 Å². The quantitative estimate of drug-likeness (QED) is 0.609. The molecule has 1 aromatic rings. The number of aliphatic imine (C=N–C) groups is 1. The number of isothiocyanates is 1. The summed E-state index contributed by atoms with van der Waals surface area (Å²) in [6.07, 6.45) is 0. The summed E-state index contributed by atoms with van der Waals surface area (Å²) in [6, 6.07) is 8.57. The second kappa shape index (κ2) is 9.39. The Kier molecular flexibility index (Phi) is 8.62. The Hall–Kier alpha value is -1.55. The monoisotopic (exact) mass is 280 g/mol. The summed E-state index contributed by atoms with van der Waals surface area (Å²) in [5.41, 5.74) is -0.916. The van der Waals surface area contributed by atoms with Crippen LogP contribution in [0.2, 0.25) is 0 Å².